The van der Waals surface area contributed by atoms with Crippen LogP contribution in [-0.4, -0.2) is 36.4 Å². The predicted octanol–water partition coefficient (Wildman–Crippen LogP) is 1.40. The van der Waals surface area contributed by atoms with Crippen molar-refractivity contribution in [3.8, 4) is 0 Å². The molecule has 1 atom stereocenters. The second kappa shape index (κ2) is 6.76. The van der Waals surface area contributed by atoms with E-state index >= 15 is 0 Å². The summed E-state index contributed by atoms with van der Waals surface area (Å²) in [6.45, 7) is 3.31. The van der Waals surface area contributed by atoms with Crippen LogP contribution in [0.4, 0.5) is 0 Å². The number of hydrogen-bond acceptors (Lipinski definition) is 5. The average Bonchev–Trinajstić information content (AvgIpc) is 2.36. The zero-order chi connectivity index (χ0) is 13.5. The first-order valence-corrected chi connectivity index (χ1v) is 5.67. The van der Waals surface area contributed by atoms with Crippen LogP contribution in [0.15, 0.2) is 24.3 Å². The maximum Gasteiger partial charge on any atom is 0.339 e. The van der Waals surface area contributed by atoms with Crippen LogP contribution in [0.25, 0.3) is 0 Å². The molecule has 0 bridgehead atoms. The number of hydrogen-bond donors (Lipinski definition) is 1. The molecule has 0 spiro atoms. The second-order valence-corrected chi connectivity index (χ2v) is 3.71. The van der Waals surface area contributed by atoms with E-state index in [1.807, 2.05) is 0 Å². The molecule has 0 aliphatic carbocycles. The number of benzene rings is 1. The number of carbonyl (C=O) groups excluding carboxylic acids is 2. The van der Waals surface area contributed by atoms with Crippen molar-refractivity contribution in [1.82, 2.24) is 0 Å². The third-order valence-corrected chi connectivity index (χ3v) is 2.10. The topological polar surface area (TPSA) is 72.8 Å². The molecule has 1 rings (SSSR count). The summed E-state index contributed by atoms with van der Waals surface area (Å²) in [5, 5.41) is 9.04. The van der Waals surface area contributed by atoms with Crippen molar-refractivity contribution >= 4 is 11.9 Å². The van der Waals surface area contributed by atoms with Crippen molar-refractivity contribution in [2.45, 2.75) is 20.0 Å². The monoisotopic (exact) mass is 252 g/mol. The molecule has 0 saturated heterocycles. The molecule has 0 fully saturated rings. The van der Waals surface area contributed by atoms with Crippen molar-refractivity contribution in [3.05, 3.63) is 35.4 Å². The highest BCUT2D eigenvalue weighted by atomic mass is 16.5. The van der Waals surface area contributed by atoms with Gasteiger partial charge < -0.3 is 14.6 Å². The van der Waals surface area contributed by atoms with E-state index < -0.39 is 18.0 Å². The second-order valence-electron chi connectivity index (χ2n) is 3.71. The Hall–Kier alpha value is -1.88. The minimum absolute atomic E-state index is 0.115. The molecule has 5 heteroatoms. The molecule has 0 aliphatic heterocycles. The largest absolute Gasteiger partial charge is 0.462 e. The Balaban J connectivity index is 2.87. The van der Waals surface area contributed by atoms with Crippen LogP contribution in [-0.2, 0) is 9.47 Å². The minimum Gasteiger partial charge on any atom is -0.462 e. The fourth-order valence-corrected chi connectivity index (χ4v) is 1.32. The van der Waals surface area contributed by atoms with E-state index in [4.69, 9.17) is 14.6 Å². The van der Waals surface area contributed by atoms with Gasteiger partial charge in [0.15, 0.2) is 0 Å². The smallest absolute Gasteiger partial charge is 0.339 e. The lowest BCUT2D eigenvalue weighted by molar-refractivity contribution is 0.0289. The van der Waals surface area contributed by atoms with Crippen LogP contribution in [0.5, 0.6) is 0 Å². The molecular weight excluding hydrogens is 236 g/mol. The zero-order valence-corrected chi connectivity index (χ0v) is 10.4. The maximum atomic E-state index is 11.7. The van der Waals surface area contributed by atoms with Crippen LogP contribution in [0.2, 0.25) is 0 Å². The summed E-state index contributed by atoms with van der Waals surface area (Å²) < 4.78 is 9.71. The van der Waals surface area contributed by atoms with Crippen molar-refractivity contribution in [2.24, 2.45) is 0 Å². The van der Waals surface area contributed by atoms with Gasteiger partial charge in [0, 0.05) is 0 Å². The number of aliphatic hydroxyl groups is 1. The van der Waals surface area contributed by atoms with Crippen LogP contribution < -0.4 is 0 Å². The highest BCUT2D eigenvalue weighted by molar-refractivity contribution is 6.03. The van der Waals surface area contributed by atoms with Crippen molar-refractivity contribution < 1.29 is 24.2 Å². The molecular formula is C13H16O5. The van der Waals surface area contributed by atoms with Gasteiger partial charge in [0.2, 0.25) is 0 Å². The van der Waals surface area contributed by atoms with E-state index in [1.54, 1.807) is 19.1 Å². The Morgan fingerprint density at radius 2 is 1.67 bits per heavy atom. The quantitative estimate of drug-likeness (QED) is 0.802. The van der Waals surface area contributed by atoms with E-state index in [0.717, 1.165) is 0 Å². The highest BCUT2D eigenvalue weighted by Crippen LogP contribution is 2.12. The molecule has 0 aromatic heterocycles. The molecule has 1 N–H and O–H groups in total. The van der Waals surface area contributed by atoms with Gasteiger partial charge in [-0.2, -0.15) is 0 Å². The summed E-state index contributed by atoms with van der Waals surface area (Å²) in [5.74, 6) is -1.22. The molecule has 0 heterocycles. The molecule has 1 aromatic carbocycles. The fourth-order valence-electron chi connectivity index (χ4n) is 1.32. The summed E-state index contributed by atoms with van der Waals surface area (Å²) in [5.41, 5.74) is 0.298. The Morgan fingerprint density at radius 1 is 1.17 bits per heavy atom. The van der Waals surface area contributed by atoms with Crippen LogP contribution in [0.3, 0.4) is 0 Å². The van der Waals surface area contributed by atoms with Crippen molar-refractivity contribution in [3.63, 3.8) is 0 Å². The zero-order valence-electron chi connectivity index (χ0n) is 10.4. The van der Waals surface area contributed by atoms with E-state index in [2.05, 4.69) is 0 Å². The van der Waals surface area contributed by atoms with Crippen molar-refractivity contribution in [2.75, 3.05) is 13.2 Å². The van der Waals surface area contributed by atoms with Gasteiger partial charge in [0.05, 0.1) is 23.8 Å². The Morgan fingerprint density at radius 3 is 2.11 bits per heavy atom. The molecule has 0 aliphatic rings. The van der Waals surface area contributed by atoms with Gasteiger partial charge in [-0.05, 0) is 26.0 Å². The lowest BCUT2D eigenvalue weighted by Crippen LogP contribution is -2.18. The summed E-state index contributed by atoms with van der Waals surface area (Å²) >= 11 is 0. The lowest BCUT2D eigenvalue weighted by atomic mass is 10.1. The molecule has 0 amide bonds. The van der Waals surface area contributed by atoms with Gasteiger partial charge in [0.25, 0.3) is 0 Å². The summed E-state index contributed by atoms with van der Waals surface area (Å²) in [4.78, 5) is 23.4. The summed E-state index contributed by atoms with van der Waals surface area (Å²) in [7, 11) is 0. The fraction of sp³-hybridized carbons (Fsp3) is 0.385. The van der Waals surface area contributed by atoms with Gasteiger partial charge in [0.1, 0.15) is 6.61 Å². The van der Waals surface area contributed by atoms with Crippen LogP contribution in [0, 0.1) is 0 Å². The van der Waals surface area contributed by atoms with E-state index in [1.165, 1.54) is 19.1 Å². The number of aliphatic hydroxyl groups excluding tert-OH is 1. The normalized spacial score (nSPS) is 11.7. The predicted molar refractivity (Wildman–Crippen MR) is 64.4 cm³/mol. The van der Waals surface area contributed by atoms with Gasteiger partial charge in [-0.1, -0.05) is 12.1 Å². The number of ether oxygens (including phenoxy) is 2. The van der Waals surface area contributed by atoms with Gasteiger partial charge in [-0.15, -0.1) is 0 Å². The molecule has 1 unspecified atom stereocenters. The van der Waals surface area contributed by atoms with Gasteiger partial charge in [-0.3, -0.25) is 0 Å². The molecule has 5 nitrogen and oxygen atoms in total. The SMILES string of the molecule is CCOC(=O)c1ccccc1C(=O)OCC(C)O. The molecule has 0 radical (unpaired) electrons. The number of rotatable bonds is 5. The van der Waals surface area contributed by atoms with Crippen LogP contribution >= 0.6 is 0 Å². The summed E-state index contributed by atoms with van der Waals surface area (Å²) in [6.07, 6.45) is -0.747. The van der Waals surface area contributed by atoms with Gasteiger partial charge in [-0.25, -0.2) is 9.59 Å². The Bertz CT molecular complexity index is 425. The maximum absolute atomic E-state index is 11.7. The molecule has 18 heavy (non-hydrogen) atoms. The first kappa shape index (κ1) is 14.2. The first-order chi connectivity index (χ1) is 8.56. The molecule has 98 valence electrons. The standard InChI is InChI=1S/C13H16O5/c1-3-17-12(15)10-6-4-5-7-11(10)13(16)18-8-9(2)14/h4-7,9,14H,3,8H2,1-2H3. The van der Waals surface area contributed by atoms with E-state index in [-0.39, 0.29) is 24.3 Å². The molecule has 0 saturated carbocycles. The lowest BCUT2D eigenvalue weighted by Gasteiger charge is -2.09. The minimum atomic E-state index is -0.747. The summed E-state index contributed by atoms with van der Waals surface area (Å²) in [6, 6.07) is 6.24. The Kier molecular flexibility index (Phi) is 5.32. The Labute approximate surface area is 105 Å². The third kappa shape index (κ3) is 3.85. The first-order valence-electron chi connectivity index (χ1n) is 5.67. The average molecular weight is 252 g/mol. The molecule has 1 aromatic rings. The van der Waals surface area contributed by atoms with Gasteiger partial charge >= 0.3 is 11.9 Å². The van der Waals surface area contributed by atoms with Crippen molar-refractivity contribution in [1.29, 1.82) is 0 Å². The van der Waals surface area contributed by atoms with Crippen LogP contribution in [0.1, 0.15) is 34.6 Å². The number of carbonyl (C=O) groups is 2. The van der Waals surface area contributed by atoms with E-state index in [0.29, 0.717) is 0 Å². The highest BCUT2D eigenvalue weighted by Gasteiger charge is 2.18. The number of esters is 2. The van der Waals surface area contributed by atoms with E-state index in [9.17, 15) is 9.59 Å². The third-order valence-electron chi connectivity index (χ3n) is 2.10.